The Morgan fingerprint density at radius 2 is 1.95 bits per heavy atom. The number of likely N-dealkylation sites (N-methyl/N-ethyl adjacent to an activating group) is 1. The molecule has 0 aliphatic heterocycles. The Bertz CT molecular complexity index is 701. The van der Waals surface area contributed by atoms with Crippen molar-refractivity contribution in [3.63, 3.8) is 0 Å². The third kappa shape index (κ3) is 1.87. The van der Waals surface area contributed by atoms with Gasteiger partial charge in [0.1, 0.15) is 11.4 Å². The maximum absolute atomic E-state index is 12.5. The van der Waals surface area contributed by atoms with Crippen LogP contribution in [0.1, 0.15) is 32.1 Å². The fraction of sp³-hybridized carbons (Fsp3) is 0.267. The summed E-state index contributed by atoms with van der Waals surface area (Å²) in [6.45, 7) is 1.47. The van der Waals surface area contributed by atoms with E-state index in [2.05, 4.69) is 4.98 Å². The molecule has 0 atom stereocenters. The van der Waals surface area contributed by atoms with Gasteiger partial charge in [-0.25, -0.2) is 0 Å². The molecule has 20 heavy (non-hydrogen) atoms. The van der Waals surface area contributed by atoms with Crippen molar-refractivity contribution in [2.24, 2.45) is 0 Å². The first-order valence-corrected chi connectivity index (χ1v) is 6.48. The summed E-state index contributed by atoms with van der Waals surface area (Å²) in [5.41, 5.74) is 1.60. The summed E-state index contributed by atoms with van der Waals surface area (Å²) in [4.78, 5) is 31.0. The molecule has 102 valence electrons. The molecule has 0 unspecified atom stereocenters. The number of hydrogen-bond acceptors (Lipinski definition) is 4. The monoisotopic (exact) mass is 269 g/mol. The van der Waals surface area contributed by atoms with Crippen LogP contribution in [0.15, 0.2) is 30.6 Å². The molecule has 0 aromatic carbocycles. The van der Waals surface area contributed by atoms with Gasteiger partial charge in [0.05, 0.1) is 11.1 Å². The fourth-order valence-corrected chi connectivity index (χ4v) is 2.43. The second-order valence-corrected chi connectivity index (χ2v) is 5.13. The van der Waals surface area contributed by atoms with Crippen LogP contribution in [-0.4, -0.2) is 46.7 Å². The van der Waals surface area contributed by atoms with Crippen LogP contribution in [0.2, 0.25) is 0 Å². The van der Waals surface area contributed by atoms with Gasteiger partial charge < -0.3 is 9.47 Å². The Hall–Kier alpha value is -2.27. The predicted molar refractivity (Wildman–Crippen MR) is 74.1 cm³/mol. The van der Waals surface area contributed by atoms with E-state index >= 15 is 0 Å². The van der Waals surface area contributed by atoms with Gasteiger partial charge in [0, 0.05) is 25.5 Å². The minimum atomic E-state index is -0.168. The average Bonchev–Trinajstić information content (AvgIpc) is 2.87. The maximum Gasteiger partial charge on any atom is 0.229 e. The number of ketones is 2. The van der Waals surface area contributed by atoms with E-state index in [-0.39, 0.29) is 17.3 Å². The summed E-state index contributed by atoms with van der Waals surface area (Å²) in [6, 6.07) is 5.06. The van der Waals surface area contributed by atoms with E-state index in [0.717, 1.165) is 6.54 Å². The Kier molecular flexibility index (Phi) is 2.99. The summed E-state index contributed by atoms with van der Waals surface area (Å²) in [5, 5.41) is 0. The van der Waals surface area contributed by atoms with Crippen LogP contribution in [-0.2, 0) is 6.54 Å². The lowest BCUT2D eigenvalue weighted by atomic mass is 9.92. The number of rotatable bonds is 3. The van der Waals surface area contributed by atoms with Crippen LogP contribution in [0, 0.1) is 0 Å². The SMILES string of the molecule is CN(C)CCn1ccc2c1C(=O)c1ncccc1C2=O. The molecule has 0 saturated heterocycles. The van der Waals surface area contributed by atoms with E-state index in [1.54, 1.807) is 30.6 Å². The van der Waals surface area contributed by atoms with Gasteiger partial charge in [-0.05, 0) is 32.3 Å². The van der Waals surface area contributed by atoms with Crippen molar-refractivity contribution in [3.05, 3.63) is 53.1 Å². The number of aromatic nitrogens is 2. The first-order chi connectivity index (χ1) is 9.59. The third-order valence-electron chi connectivity index (χ3n) is 3.48. The second-order valence-electron chi connectivity index (χ2n) is 5.13. The lowest BCUT2D eigenvalue weighted by Gasteiger charge is -2.17. The summed E-state index contributed by atoms with van der Waals surface area (Å²) in [6.07, 6.45) is 3.35. The standard InChI is InChI=1S/C15H15N3O2/c1-17(2)8-9-18-7-5-11-13(18)15(20)12-10(14(11)19)4-3-6-16-12/h3-7H,8-9H2,1-2H3. The molecule has 2 heterocycles. The van der Waals surface area contributed by atoms with Gasteiger partial charge in [0.2, 0.25) is 5.78 Å². The molecule has 5 heteroatoms. The minimum Gasteiger partial charge on any atom is -0.343 e. The Morgan fingerprint density at radius 3 is 2.70 bits per heavy atom. The minimum absolute atomic E-state index is 0.119. The predicted octanol–water partition coefficient (Wildman–Crippen LogP) is 1.22. The molecule has 1 aliphatic carbocycles. The number of carbonyl (C=O) groups is 2. The molecule has 0 bridgehead atoms. The van der Waals surface area contributed by atoms with Gasteiger partial charge in [-0.2, -0.15) is 0 Å². The lowest BCUT2D eigenvalue weighted by Crippen LogP contribution is -2.26. The van der Waals surface area contributed by atoms with Crippen LogP contribution in [0.4, 0.5) is 0 Å². The Labute approximate surface area is 116 Å². The molecule has 0 amide bonds. The quantitative estimate of drug-likeness (QED) is 0.717. The third-order valence-corrected chi connectivity index (χ3v) is 3.48. The molecule has 2 aromatic heterocycles. The highest BCUT2D eigenvalue weighted by atomic mass is 16.1. The zero-order valence-corrected chi connectivity index (χ0v) is 11.5. The van der Waals surface area contributed by atoms with Crippen molar-refractivity contribution in [2.45, 2.75) is 6.54 Å². The van der Waals surface area contributed by atoms with Crippen molar-refractivity contribution < 1.29 is 9.59 Å². The van der Waals surface area contributed by atoms with Gasteiger partial charge in [0.25, 0.3) is 0 Å². The van der Waals surface area contributed by atoms with Gasteiger partial charge in [-0.15, -0.1) is 0 Å². The molecule has 0 saturated carbocycles. The van der Waals surface area contributed by atoms with E-state index in [9.17, 15) is 9.59 Å². The molecular weight excluding hydrogens is 254 g/mol. The van der Waals surface area contributed by atoms with Crippen molar-refractivity contribution >= 4 is 11.6 Å². The van der Waals surface area contributed by atoms with E-state index in [1.807, 2.05) is 23.6 Å². The first kappa shape index (κ1) is 12.7. The largest absolute Gasteiger partial charge is 0.343 e. The molecule has 3 rings (SSSR count). The van der Waals surface area contributed by atoms with E-state index in [0.29, 0.717) is 23.4 Å². The average molecular weight is 269 g/mol. The molecule has 0 radical (unpaired) electrons. The molecule has 0 spiro atoms. The summed E-state index contributed by atoms with van der Waals surface area (Å²) in [5.74, 6) is -0.287. The molecule has 5 nitrogen and oxygen atoms in total. The highest BCUT2D eigenvalue weighted by Gasteiger charge is 2.33. The van der Waals surface area contributed by atoms with Crippen molar-refractivity contribution in [3.8, 4) is 0 Å². The number of pyridine rings is 1. The molecule has 1 aliphatic rings. The number of hydrogen-bond donors (Lipinski definition) is 0. The second kappa shape index (κ2) is 4.68. The Morgan fingerprint density at radius 1 is 1.15 bits per heavy atom. The zero-order chi connectivity index (χ0) is 14.3. The van der Waals surface area contributed by atoms with Crippen molar-refractivity contribution in [1.82, 2.24) is 14.5 Å². The summed E-state index contributed by atoms with van der Waals surface area (Å²) >= 11 is 0. The van der Waals surface area contributed by atoms with Crippen LogP contribution < -0.4 is 0 Å². The smallest absolute Gasteiger partial charge is 0.229 e. The van der Waals surface area contributed by atoms with Gasteiger partial charge in [-0.3, -0.25) is 14.6 Å². The van der Waals surface area contributed by atoms with Crippen LogP contribution in [0.3, 0.4) is 0 Å². The molecule has 0 fully saturated rings. The number of fused-ring (bicyclic) bond motifs is 2. The number of carbonyl (C=O) groups excluding carboxylic acids is 2. The molecular formula is C15H15N3O2. The van der Waals surface area contributed by atoms with Crippen LogP contribution >= 0.6 is 0 Å². The maximum atomic E-state index is 12.5. The van der Waals surface area contributed by atoms with Crippen molar-refractivity contribution in [2.75, 3.05) is 20.6 Å². The van der Waals surface area contributed by atoms with E-state index in [1.165, 1.54) is 0 Å². The highest BCUT2D eigenvalue weighted by Crippen LogP contribution is 2.26. The van der Waals surface area contributed by atoms with Gasteiger partial charge >= 0.3 is 0 Å². The lowest BCUT2D eigenvalue weighted by molar-refractivity contribution is 0.0969. The number of nitrogens with zero attached hydrogens (tertiary/aromatic N) is 3. The first-order valence-electron chi connectivity index (χ1n) is 6.48. The van der Waals surface area contributed by atoms with Crippen LogP contribution in [0.25, 0.3) is 0 Å². The van der Waals surface area contributed by atoms with Crippen LogP contribution in [0.5, 0.6) is 0 Å². The normalized spacial score (nSPS) is 13.6. The highest BCUT2D eigenvalue weighted by molar-refractivity contribution is 6.27. The summed E-state index contributed by atoms with van der Waals surface area (Å²) in [7, 11) is 3.94. The van der Waals surface area contributed by atoms with Crippen molar-refractivity contribution in [1.29, 1.82) is 0 Å². The zero-order valence-electron chi connectivity index (χ0n) is 11.5. The van der Waals surface area contributed by atoms with Gasteiger partial charge in [-0.1, -0.05) is 0 Å². The topological polar surface area (TPSA) is 55.2 Å². The van der Waals surface area contributed by atoms with E-state index in [4.69, 9.17) is 0 Å². The van der Waals surface area contributed by atoms with E-state index < -0.39 is 0 Å². The summed E-state index contributed by atoms with van der Waals surface area (Å²) < 4.78 is 1.84. The molecule has 2 aromatic rings. The fourth-order valence-electron chi connectivity index (χ4n) is 2.43. The molecule has 0 N–H and O–H groups in total. The Balaban J connectivity index is 2.06. The van der Waals surface area contributed by atoms with Gasteiger partial charge in [0.15, 0.2) is 5.78 Å².